The fourth-order valence-electron chi connectivity index (χ4n) is 1.56. The van der Waals surface area contributed by atoms with Gasteiger partial charge in [-0.15, -0.1) is 0 Å². The molecule has 0 bridgehead atoms. The third kappa shape index (κ3) is 24.1. The molecular weight excluding hydrogens is 346 g/mol. The number of hydrogen-bond donors (Lipinski definition) is 4. The van der Waals surface area contributed by atoms with E-state index in [9.17, 15) is 14.4 Å². The topological polar surface area (TPSA) is 143 Å². The van der Waals surface area contributed by atoms with E-state index in [0.29, 0.717) is 52.3 Å². The van der Waals surface area contributed by atoms with Gasteiger partial charge in [0.2, 0.25) is 17.7 Å². The molecule has 0 aromatic rings. The minimum atomic E-state index is -0.250. The van der Waals surface area contributed by atoms with E-state index in [1.54, 1.807) is 0 Å². The molecule has 0 aromatic carbocycles. The summed E-state index contributed by atoms with van der Waals surface area (Å²) in [6, 6.07) is 0. The Hall–Kier alpha value is -2.20. The molecule has 0 saturated carbocycles. The summed E-state index contributed by atoms with van der Waals surface area (Å²) in [5.74, 6) is -0.287. The molecule has 0 heterocycles. The Kier molecular flexibility index (Phi) is 20.9. The lowest BCUT2D eigenvalue weighted by Crippen LogP contribution is -2.29. The minimum absolute atomic E-state index is 0.0361. The Balaban J connectivity index is 0. The molecule has 152 valence electrons. The van der Waals surface area contributed by atoms with E-state index < -0.39 is 0 Å². The summed E-state index contributed by atoms with van der Waals surface area (Å²) in [6.07, 6.45) is 1.88. The van der Waals surface area contributed by atoms with Crippen LogP contribution in [-0.2, 0) is 28.7 Å². The molecule has 0 spiro atoms. The van der Waals surface area contributed by atoms with Gasteiger partial charge >= 0.3 is 0 Å². The van der Waals surface area contributed by atoms with Crippen molar-refractivity contribution in [2.24, 2.45) is 0 Å². The molecule has 0 saturated heterocycles. The summed E-state index contributed by atoms with van der Waals surface area (Å²) in [4.78, 5) is 41.6. The van der Waals surface area contributed by atoms with E-state index in [1.165, 1.54) is 6.92 Å². The number of carboxylic acid groups (broad SMARTS) is 1. The maximum atomic E-state index is 11.4. The Morgan fingerprint density at radius 3 is 2.15 bits per heavy atom. The predicted molar refractivity (Wildman–Crippen MR) is 94.6 cm³/mol. The van der Waals surface area contributed by atoms with Gasteiger partial charge in [0.1, 0.15) is 6.61 Å². The van der Waals surface area contributed by atoms with Crippen LogP contribution in [0.25, 0.3) is 0 Å². The normalized spacial score (nSPS) is 9.46. The van der Waals surface area contributed by atoms with Crippen LogP contribution < -0.4 is 16.0 Å². The Bertz CT molecular complexity index is 392. The lowest BCUT2D eigenvalue weighted by atomic mass is 10.3. The molecule has 0 radical (unpaired) electrons. The third-order valence-corrected chi connectivity index (χ3v) is 2.70. The van der Waals surface area contributed by atoms with Gasteiger partial charge in [0, 0.05) is 33.0 Å². The Labute approximate surface area is 154 Å². The van der Waals surface area contributed by atoms with Crippen LogP contribution in [0, 0.1) is 0 Å². The first kappa shape index (κ1) is 26.0. The molecule has 0 aromatic heterocycles. The summed E-state index contributed by atoms with van der Waals surface area (Å²) in [7, 11) is 0. The van der Waals surface area contributed by atoms with E-state index >= 15 is 0 Å². The Morgan fingerprint density at radius 2 is 1.54 bits per heavy atom. The number of carbonyl (C=O) groups is 4. The molecule has 0 aliphatic carbocycles. The van der Waals surface area contributed by atoms with Crippen molar-refractivity contribution >= 4 is 24.2 Å². The highest BCUT2D eigenvalue weighted by atomic mass is 16.5. The van der Waals surface area contributed by atoms with Crippen molar-refractivity contribution in [3.8, 4) is 0 Å². The molecule has 0 fully saturated rings. The van der Waals surface area contributed by atoms with Gasteiger partial charge in [0.15, 0.2) is 0 Å². The van der Waals surface area contributed by atoms with E-state index in [2.05, 4.69) is 16.0 Å². The molecule has 3 amide bonds. The number of rotatable bonds is 14. The van der Waals surface area contributed by atoms with Crippen LogP contribution in [0.1, 0.15) is 33.1 Å². The molecule has 0 unspecified atom stereocenters. The standard InChI is InChI=1S/C15H29N3O5.CH2O2/c1-3-6-17-15(21)12-23-11-10-22-9-8-18-14(20)5-4-7-16-13(2)19;2-1-3/h3-12H2,1-2H3,(H,16,19)(H,17,21)(H,18,20);1H,(H,2,3). The third-order valence-electron chi connectivity index (χ3n) is 2.70. The summed E-state index contributed by atoms with van der Waals surface area (Å²) in [6.45, 7) is 5.90. The average molecular weight is 377 g/mol. The highest BCUT2D eigenvalue weighted by Crippen LogP contribution is 1.87. The number of amides is 3. The molecular formula is C16H31N3O7. The first-order chi connectivity index (χ1) is 12.5. The highest BCUT2D eigenvalue weighted by molar-refractivity contribution is 5.77. The summed E-state index contributed by atoms with van der Waals surface area (Å²) >= 11 is 0. The van der Waals surface area contributed by atoms with Crippen molar-refractivity contribution in [3.63, 3.8) is 0 Å². The van der Waals surface area contributed by atoms with Gasteiger partial charge in [-0.1, -0.05) is 6.92 Å². The number of carbonyl (C=O) groups excluding carboxylic acids is 3. The van der Waals surface area contributed by atoms with Crippen LogP contribution in [-0.4, -0.2) is 75.4 Å². The maximum absolute atomic E-state index is 11.4. The van der Waals surface area contributed by atoms with Gasteiger partial charge in [-0.3, -0.25) is 19.2 Å². The van der Waals surface area contributed by atoms with Crippen molar-refractivity contribution in [2.45, 2.75) is 33.1 Å². The van der Waals surface area contributed by atoms with Crippen LogP contribution in [0.4, 0.5) is 0 Å². The summed E-state index contributed by atoms with van der Waals surface area (Å²) < 4.78 is 10.4. The lowest BCUT2D eigenvalue weighted by Gasteiger charge is -2.08. The second kappa shape index (κ2) is 20.8. The average Bonchev–Trinajstić information content (AvgIpc) is 2.59. The van der Waals surface area contributed by atoms with Crippen molar-refractivity contribution in [1.29, 1.82) is 0 Å². The van der Waals surface area contributed by atoms with Crippen LogP contribution in [0.15, 0.2) is 0 Å². The predicted octanol–water partition coefficient (Wildman–Crippen LogP) is -0.721. The number of ether oxygens (including phenoxy) is 2. The zero-order valence-electron chi connectivity index (χ0n) is 15.5. The van der Waals surface area contributed by atoms with Gasteiger partial charge in [0.25, 0.3) is 6.47 Å². The van der Waals surface area contributed by atoms with Gasteiger partial charge < -0.3 is 30.5 Å². The number of nitrogens with one attached hydrogen (secondary N) is 3. The largest absolute Gasteiger partial charge is 0.483 e. The van der Waals surface area contributed by atoms with E-state index in [-0.39, 0.29) is 30.8 Å². The molecule has 0 rings (SSSR count). The quantitative estimate of drug-likeness (QED) is 0.231. The minimum Gasteiger partial charge on any atom is -0.483 e. The first-order valence-electron chi connectivity index (χ1n) is 8.49. The second-order valence-corrected chi connectivity index (χ2v) is 5.06. The van der Waals surface area contributed by atoms with Gasteiger partial charge in [0.05, 0.1) is 19.8 Å². The maximum Gasteiger partial charge on any atom is 0.290 e. The first-order valence-corrected chi connectivity index (χ1v) is 8.49. The van der Waals surface area contributed by atoms with Gasteiger partial charge in [-0.05, 0) is 12.8 Å². The van der Waals surface area contributed by atoms with Crippen molar-refractivity contribution in [3.05, 3.63) is 0 Å². The second-order valence-electron chi connectivity index (χ2n) is 5.06. The van der Waals surface area contributed by atoms with Crippen molar-refractivity contribution in [1.82, 2.24) is 16.0 Å². The molecule has 0 aliphatic rings. The molecule has 10 heteroatoms. The fraction of sp³-hybridized carbons (Fsp3) is 0.750. The zero-order valence-corrected chi connectivity index (χ0v) is 15.5. The molecule has 4 N–H and O–H groups in total. The van der Waals surface area contributed by atoms with Crippen LogP contribution in [0.3, 0.4) is 0 Å². The van der Waals surface area contributed by atoms with Crippen LogP contribution in [0.5, 0.6) is 0 Å². The SMILES string of the molecule is CCCNC(=O)COCCOCCNC(=O)CCCNC(C)=O.O=CO. The van der Waals surface area contributed by atoms with Crippen LogP contribution >= 0.6 is 0 Å². The molecule has 0 aliphatic heterocycles. The lowest BCUT2D eigenvalue weighted by molar-refractivity contribution is -0.126. The van der Waals surface area contributed by atoms with Crippen LogP contribution in [0.2, 0.25) is 0 Å². The van der Waals surface area contributed by atoms with E-state index in [0.717, 1.165) is 6.42 Å². The van der Waals surface area contributed by atoms with Crippen molar-refractivity contribution in [2.75, 3.05) is 46.1 Å². The van der Waals surface area contributed by atoms with Gasteiger partial charge in [-0.25, -0.2) is 0 Å². The summed E-state index contributed by atoms with van der Waals surface area (Å²) in [5, 5.41) is 14.9. The monoisotopic (exact) mass is 377 g/mol. The number of hydrogen-bond acceptors (Lipinski definition) is 6. The Morgan fingerprint density at radius 1 is 0.923 bits per heavy atom. The highest BCUT2D eigenvalue weighted by Gasteiger charge is 2.01. The molecule has 10 nitrogen and oxygen atoms in total. The smallest absolute Gasteiger partial charge is 0.290 e. The zero-order chi connectivity index (χ0) is 20.0. The summed E-state index contributed by atoms with van der Waals surface area (Å²) in [5.41, 5.74) is 0. The fourth-order valence-corrected chi connectivity index (χ4v) is 1.56. The van der Waals surface area contributed by atoms with Gasteiger partial charge in [-0.2, -0.15) is 0 Å². The molecule has 26 heavy (non-hydrogen) atoms. The van der Waals surface area contributed by atoms with Crippen molar-refractivity contribution < 1.29 is 33.8 Å². The van der Waals surface area contributed by atoms with E-state index in [4.69, 9.17) is 19.4 Å². The van der Waals surface area contributed by atoms with E-state index in [1.807, 2.05) is 6.92 Å². The molecule has 0 atom stereocenters.